The topological polar surface area (TPSA) is 46.9 Å². The van der Waals surface area contributed by atoms with Gasteiger partial charge in [0.05, 0.1) is 11.4 Å². The number of hydrogen-bond donors (Lipinski definition) is 1. The van der Waals surface area contributed by atoms with E-state index in [1.54, 1.807) is 11.8 Å². The Balaban J connectivity index is 1.57. The van der Waals surface area contributed by atoms with Gasteiger partial charge in [-0.1, -0.05) is 102 Å². The third-order valence-corrected chi connectivity index (χ3v) is 6.99. The highest BCUT2D eigenvalue weighted by atomic mass is 79.9. The molecule has 0 radical (unpaired) electrons. The van der Waals surface area contributed by atoms with Crippen molar-refractivity contribution in [1.29, 1.82) is 0 Å². The number of aromatic nitrogens is 2. The Morgan fingerprint density at radius 3 is 2.24 bits per heavy atom. The maximum atomic E-state index is 12.4. The lowest BCUT2D eigenvalue weighted by Crippen LogP contribution is -2.25. The van der Waals surface area contributed by atoms with Crippen molar-refractivity contribution in [3.05, 3.63) is 95.0 Å². The average Bonchev–Trinajstić information content (AvgIpc) is 3.25. The molecular formula is C28H28BrN3OS. The summed E-state index contributed by atoms with van der Waals surface area (Å²) in [6, 6.07) is 28.3. The molecular weight excluding hydrogens is 506 g/mol. The maximum Gasteiger partial charge on any atom is 0.251 e. The molecule has 0 aliphatic carbocycles. The molecule has 0 fully saturated rings. The second-order valence-electron chi connectivity index (χ2n) is 7.94. The first-order valence-corrected chi connectivity index (χ1v) is 13.3. The number of benzene rings is 3. The summed E-state index contributed by atoms with van der Waals surface area (Å²) in [5.41, 5.74) is 5.10. The van der Waals surface area contributed by atoms with E-state index >= 15 is 0 Å². The quantitative estimate of drug-likeness (QED) is 0.172. The molecule has 6 heteroatoms. The summed E-state index contributed by atoms with van der Waals surface area (Å²) in [4.78, 5) is 17.5. The van der Waals surface area contributed by atoms with Crippen LogP contribution in [0.25, 0.3) is 22.5 Å². The van der Waals surface area contributed by atoms with E-state index in [0.717, 1.165) is 51.7 Å². The van der Waals surface area contributed by atoms with Crippen LogP contribution in [0.15, 0.2) is 94.6 Å². The van der Waals surface area contributed by atoms with Gasteiger partial charge in [-0.25, -0.2) is 4.98 Å². The Bertz CT molecular complexity index is 1210. The maximum absolute atomic E-state index is 12.4. The van der Waals surface area contributed by atoms with Gasteiger partial charge in [0.25, 0.3) is 5.91 Å². The molecule has 1 amide bonds. The molecule has 1 aromatic heterocycles. The van der Waals surface area contributed by atoms with Crippen LogP contribution in [0.5, 0.6) is 0 Å². The smallest absolute Gasteiger partial charge is 0.251 e. The zero-order valence-corrected chi connectivity index (χ0v) is 21.6. The summed E-state index contributed by atoms with van der Waals surface area (Å²) in [7, 11) is 0. The minimum atomic E-state index is -0.0580. The molecule has 1 heterocycles. The molecule has 4 nitrogen and oxygen atoms in total. The molecule has 0 spiro atoms. The molecule has 0 aliphatic heterocycles. The number of hydrogen-bond acceptors (Lipinski definition) is 3. The molecule has 0 aliphatic rings. The van der Waals surface area contributed by atoms with Gasteiger partial charge >= 0.3 is 0 Å². The van der Waals surface area contributed by atoms with E-state index in [1.165, 1.54) is 5.56 Å². The van der Waals surface area contributed by atoms with Gasteiger partial charge in [-0.05, 0) is 30.7 Å². The number of carbonyl (C=O) groups is 1. The molecule has 174 valence electrons. The number of rotatable bonds is 10. The van der Waals surface area contributed by atoms with E-state index < -0.39 is 0 Å². The molecule has 1 N–H and O–H groups in total. The van der Waals surface area contributed by atoms with Crippen LogP contribution in [0.3, 0.4) is 0 Å². The number of thioether (sulfide) groups is 1. The van der Waals surface area contributed by atoms with Gasteiger partial charge in [0.15, 0.2) is 5.16 Å². The highest BCUT2D eigenvalue weighted by molar-refractivity contribution is 9.10. The molecule has 4 aromatic rings. The standard InChI is InChI=1S/C28H28BrN3OS/c1-2-3-19-32-26(22-12-8-5-9-13-22)25(21-10-6-4-7-11-21)31-28(32)34-20-18-30-27(33)23-14-16-24(29)17-15-23/h4-17H,2-3,18-20H2,1H3,(H,30,33). The monoisotopic (exact) mass is 533 g/mol. The summed E-state index contributed by atoms with van der Waals surface area (Å²) in [5, 5.41) is 4.01. The summed E-state index contributed by atoms with van der Waals surface area (Å²) < 4.78 is 3.31. The molecule has 0 saturated carbocycles. The van der Waals surface area contributed by atoms with E-state index in [2.05, 4.69) is 81.3 Å². The molecule has 0 atom stereocenters. The number of amides is 1. The summed E-state index contributed by atoms with van der Waals surface area (Å²) in [5.74, 6) is 0.686. The van der Waals surface area contributed by atoms with Crippen LogP contribution in [0.2, 0.25) is 0 Å². The Hall–Kier alpha value is -2.83. The Morgan fingerprint density at radius 2 is 1.59 bits per heavy atom. The molecule has 0 unspecified atom stereocenters. The number of nitrogens with one attached hydrogen (secondary N) is 1. The Kier molecular flexibility index (Phi) is 8.61. The van der Waals surface area contributed by atoms with Crippen molar-refractivity contribution in [2.45, 2.75) is 31.5 Å². The van der Waals surface area contributed by atoms with Crippen molar-refractivity contribution in [2.24, 2.45) is 0 Å². The van der Waals surface area contributed by atoms with Crippen molar-refractivity contribution in [3.63, 3.8) is 0 Å². The van der Waals surface area contributed by atoms with Gasteiger partial charge in [0, 0.05) is 40.0 Å². The third-order valence-electron chi connectivity index (χ3n) is 5.49. The van der Waals surface area contributed by atoms with E-state index in [1.807, 2.05) is 36.4 Å². The minimum absolute atomic E-state index is 0.0580. The lowest BCUT2D eigenvalue weighted by molar-refractivity contribution is 0.0956. The van der Waals surface area contributed by atoms with Gasteiger partial charge in [0.2, 0.25) is 0 Å². The van der Waals surface area contributed by atoms with E-state index in [9.17, 15) is 4.79 Å². The largest absolute Gasteiger partial charge is 0.351 e. The van der Waals surface area contributed by atoms with Gasteiger partial charge < -0.3 is 9.88 Å². The first-order chi connectivity index (χ1) is 16.7. The normalized spacial score (nSPS) is 10.9. The van der Waals surface area contributed by atoms with Crippen LogP contribution in [0, 0.1) is 0 Å². The third kappa shape index (κ3) is 5.99. The highest BCUT2D eigenvalue weighted by Gasteiger charge is 2.20. The number of nitrogens with zero attached hydrogens (tertiary/aromatic N) is 2. The summed E-state index contributed by atoms with van der Waals surface area (Å²) in [6.07, 6.45) is 2.19. The van der Waals surface area contributed by atoms with Crippen LogP contribution in [-0.4, -0.2) is 27.8 Å². The molecule has 0 bridgehead atoms. The number of halogens is 1. The molecule has 4 rings (SSSR count). The number of carbonyl (C=O) groups excluding carboxylic acids is 1. The fourth-order valence-corrected chi connectivity index (χ4v) is 4.91. The van der Waals surface area contributed by atoms with Crippen LogP contribution >= 0.6 is 27.7 Å². The van der Waals surface area contributed by atoms with Gasteiger partial charge in [-0.3, -0.25) is 4.79 Å². The predicted molar refractivity (Wildman–Crippen MR) is 145 cm³/mol. The summed E-state index contributed by atoms with van der Waals surface area (Å²) in [6.45, 7) is 3.69. The first kappa shape index (κ1) is 24.3. The van der Waals surface area contributed by atoms with Crippen LogP contribution < -0.4 is 5.32 Å². The van der Waals surface area contributed by atoms with E-state index in [0.29, 0.717) is 12.1 Å². The summed E-state index contributed by atoms with van der Waals surface area (Å²) >= 11 is 5.10. The van der Waals surface area contributed by atoms with Crippen LogP contribution in [0.4, 0.5) is 0 Å². The lowest BCUT2D eigenvalue weighted by Gasteiger charge is -2.13. The number of unbranched alkanes of at least 4 members (excludes halogenated alkanes) is 1. The van der Waals surface area contributed by atoms with Crippen LogP contribution in [-0.2, 0) is 6.54 Å². The van der Waals surface area contributed by atoms with E-state index in [-0.39, 0.29) is 5.91 Å². The van der Waals surface area contributed by atoms with Gasteiger partial charge in [-0.15, -0.1) is 0 Å². The van der Waals surface area contributed by atoms with Crippen LogP contribution in [0.1, 0.15) is 30.1 Å². The Labute approximate surface area is 213 Å². The second kappa shape index (κ2) is 12.0. The van der Waals surface area contributed by atoms with Crippen molar-refractivity contribution >= 4 is 33.6 Å². The molecule has 3 aromatic carbocycles. The molecule has 34 heavy (non-hydrogen) atoms. The van der Waals surface area contributed by atoms with Crippen molar-refractivity contribution in [2.75, 3.05) is 12.3 Å². The minimum Gasteiger partial charge on any atom is -0.351 e. The van der Waals surface area contributed by atoms with Crippen molar-refractivity contribution in [3.8, 4) is 22.5 Å². The Morgan fingerprint density at radius 1 is 0.941 bits per heavy atom. The SMILES string of the molecule is CCCCn1c(SCCNC(=O)c2ccc(Br)cc2)nc(-c2ccccc2)c1-c1ccccc1. The lowest BCUT2D eigenvalue weighted by atomic mass is 10.0. The predicted octanol–water partition coefficient (Wildman–Crippen LogP) is 7.30. The average molecular weight is 535 g/mol. The fraction of sp³-hybridized carbons (Fsp3) is 0.214. The van der Waals surface area contributed by atoms with Crippen molar-refractivity contribution < 1.29 is 4.79 Å². The molecule has 0 saturated heterocycles. The van der Waals surface area contributed by atoms with Gasteiger partial charge in [0.1, 0.15) is 0 Å². The van der Waals surface area contributed by atoms with E-state index in [4.69, 9.17) is 4.98 Å². The number of imidazole rings is 1. The highest BCUT2D eigenvalue weighted by Crippen LogP contribution is 2.36. The van der Waals surface area contributed by atoms with Gasteiger partial charge in [-0.2, -0.15) is 0 Å². The first-order valence-electron chi connectivity index (χ1n) is 11.5. The fourth-order valence-electron chi connectivity index (χ4n) is 3.76. The zero-order chi connectivity index (χ0) is 23.8. The van der Waals surface area contributed by atoms with Crippen molar-refractivity contribution in [1.82, 2.24) is 14.9 Å². The zero-order valence-electron chi connectivity index (χ0n) is 19.2. The second-order valence-corrected chi connectivity index (χ2v) is 9.92.